The molecule has 3 atom stereocenters. The van der Waals surface area contributed by atoms with Crippen molar-refractivity contribution in [2.24, 2.45) is 0 Å². The molecule has 1 aliphatic rings. The van der Waals surface area contributed by atoms with E-state index in [9.17, 15) is 0 Å². The molecule has 118 valence electrons. The van der Waals surface area contributed by atoms with E-state index in [0.29, 0.717) is 12.1 Å². The van der Waals surface area contributed by atoms with Crippen LogP contribution < -0.4 is 5.32 Å². The first-order valence-electron chi connectivity index (χ1n) is 8.79. The average molecular weight is 288 g/mol. The van der Waals surface area contributed by atoms with Crippen molar-refractivity contribution in [1.82, 2.24) is 10.2 Å². The quantitative estimate of drug-likeness (QED) is 0.801. The zero-order valence-electron chi connectivity index (χ0n) is 14.0. The zero-order valence-corrected chi connectivity index (χ0v) is 14.0. The van der Waals surface area contributed by atoms with E-state index >= 15 is 0 Å². The van der Waals surface area contributed by atoms with Crippen molar-refractivity contribution >= 4 is 0 Å². The van der Waals surface area contributed by atoms with E-state index < -0.39 is 0 Å². The van der Waals surface area contributed by atoms with Crippen LogP contribution >= 0.6 is 0 Å². The summed E-state index contributed by atoms with van der Waals surface area (Å²) < 4.78 is 0. The molecule has 2 nitrogen and oxygen atoms in total. The first kappa shape index (κ1) is 16.5. The van der Waals surface area contributed by atoms with E-state index in [1.807, 2.05) is 0 Å². The highest BCUT2D eigenvalue weighted by molar-refractivity contribution is 5.20. The number of nitrogens with one attached hydrogen (secondary N) is 1. The number of rotatable bonds is 7. The van der Waals surface area contributed by atoms with Gasteiger partial charge < -0.3 is 5.32 Å². The normalized spacial score (nSPS) is 22.9. The number of hydrogen-bond donors (Lipinski definition) is 1. The number of nitrogens with zero attached hydrogens (tertiary/aromatic N) is 1. The fraction of sp³-hybridized carbons (Fsp3) is 0.684. The van der Waals surface area contributed by atoms with Crippen LogP contribution in [0.15, 0.2) is 30.3 Å². The molecule has 2 heteroatoms. The monoisotopic (exact) mass is 288 g/mol. The van der Waals surface area contributed by atoms with Crippen molar-refractivity contribution in [2.45, 2.75) is 70.5 Å². The summed E-state index contributed by atoms with van der Waals surface area (Å²) in [6.07, 6.45) is 8.01. The van der Waals surface area contributed by atoms with E-state index in [0.717, 1.165) is 6.04 Å². The Kier molecular flexibility index (Phi) is 6.72. The minimum absolute atomic E-state index is 0.439. The molecule has 2 rings (SSSR count). The SMILES string of the molecule is CCCC1CCCCN1C(CC)C(NC)c1ccccc1. The number of hydrogen-bond acceptors (Lipinski definition) is 2. The maximum atomic E-state index is 3.59. The van der Waals surface area contributed by atoms with E-state index in [1.54, 1.807) is 0 Å². The predicted molar refractivity (Wildman–Crippen MR) is 91.6 cm³/mol. The second kappa shape index (κ2) is 8.55. The van der Waals surface area contributed by atoms with Gasteiger partial charge in [-0.25, -0.2) is 0 Å². The van der Waals surface area contributed by atoms with Gasteiger partial charge in [0.15, 0.2) is 0 Å². The van der Waals surface area contributed by atoms with E-state index in [2.05, 4.69) is 61.4 Å². The van der Waals surface area contributed by atoms with Gasteiger partial charge in [0.05, 0.1) is 0 Å². The number of benzene rings is 1. The number of likely N-dealkylation sites (N-methyl/N-ethyl adjacent to an activating group) is 1. The fourth-order valence-electron chi connectivity index (χ4n) is 4.01. The van der Waals surface area contributed by atoms with Crippen LogP contribution in [-0.2, 0) is 0 Å². The van der Waals surface area contributed by atoms with Gasteiger partial charge in [0.2, 0.25) is 0 Å². The van der Waals surface area contributed by atoms with Gasteiger partial charge in [-0.3, -0.25) is 4.90 Å². The molecule has 0 amide bonds. The van der Waals surface area contributed by atoms with Gasteiger partial charge in [0, 0.05) is 18.1 Å². The van der Waals surface area contributed by atoms with Crippen LogP contribution in [0.4, 0.5) is 0 Å². The van der Waals surface area contributed by atoms with Crippen LogP contribution in [0.2, 0.25) is 0 Å². The van der Waals surface area contributed by atoms with Crippen molar-refractivity contribution < 1.29 is 0 Å². The molecule has 0 aliphatic carbocycles. The summed E-state index contributed by atoms with van der Waals surface area (Å²) in [6.45, 7) is 5.93. The molecule has 0 bridgehead atoms. The Morgan fingerprint density at radius 3 is 2.57 bits per heavy atom. The van der Waals surface area contributed by atoms with Gasteiger partial charge in [-0.05, 0) is 44.8 Å². The second-order valence-corrected chi connectivity index (χ2v) is 6.33. The largest absolute Gasteiger partial charge is 0.312 e. The molecule has 1 saturated heterocycles. The Labute approximate surface area is 130 Å². The molecule has 1 aromatic carbocycles. The predicted octanol–water partition coefficient (Wildman–Crippen LogP) is 4.38. The lowest BCUT2D eigenvalue weighted by Crippen LogP contribution is -2.50. The molecule has 0 saturated carbocycles. The van der Waals surface area contributed by atoms with Gasteiger partial charge in [-0.1, -0.05) is 57.0 Å². The van der Waals surface area contributed by atoms with Gasteiger partial charge in [0.1, 0.15) is 0 Å². The van der Waals surface area contributed by atoms with Crippen molar-refractivity contribution in [3.05, 3.63) is 35.9 Å². The standard InChI is InChI=1S/C19H32N2/c1-4-11-17-14-9-10-15-21(17)18(5-2)19(20-3)16-12-7-6-8-13-16/h6-8,12-13,17-20H,4-5,9-11,14-15H2,1-3H3. The molecule has 1 heterocycles. The number of likely N-dealkylation sites (tertiary alicyclic amines) is 1. The van der Waals surface area contributed by atoms with Crippen LogP contribution in [0, 0.1) is 0 Å². The van der Waals surface area contributed by atoms with Gasteiger partial charge in [-0.15, -0.1) is 0 Å². The Bertz CT molecular complexity index is 388. The number of piperidine rings is 1. The third-order valence-corrected chi connectivity index (χ3v) is 4.99. The molecule has 1 aliphatic heterocycles. The first-order valence-corrected chi connectivity index (χ1v) is 8.79. The summed E-state index contributed by atoms with van der Waals surface area (Å²) in [5, 5.41) is 3.59. The highest BCUT2D eigenvalue weighted by atomic mass is 15.2. The summed E-state index contributed by atoms with van der Waals surface area (Å²) in [7, 11) is 2.11. The van der Waals surface area contributed by atoms with Gasteiger partial charge in [-0.2, -0.15) is 0 Å². The Morgan fingerprint density at radius 2 is 1.95 bits per heavy atom. The lowest BCUT2D eigenvalue weighted by Gasteiger charge is -2.44. The lowest BCUT2D eigenvalue weighted by atomic mass is 9.90. The van der Waals surface area contributed by atoms with Crippen LogP contribution in [-0.4, -0.2) is 30.6 Å². The van der Waals surface area contributed by atoms with Crippen LogP contribution in [0.1, 0.15) is 64.0 Å². The fourth-order valence-corrected chi connectivity index (χ4v) is 4.01. The van der Waals surface area contributed by atoms with E-state index in [4.69, 9.17) is 0 Å². The van der Waals surface area contributed by atoms with E-state index in [1.165, 1.54) is 50.6 Å². The first-order chi connectivity index (χ1) is 10.3. The Hall–Kier alpha value is -0.860. The van der Waals surface area contributed by atoms with Gasteiger partial charge in [0.25, 0.3) is 0 Å². The molecule has 1 fully saturated rings. The third kappa shape index (κ3) is 4.08. The molecule has 1 N–H and O–H groups in total. The minimum atomic E-state index is 0.439. The lowest BCUT2D eigenvalue weighted by molar-refractivity contribution is 0.0652. The van der Waals surface area contributed by atoms with Crippen LogP contribution in [0.5, 0.6) is 0 Å². The molecule has 3 unspecified atom stereocenters. The molecule has 1 aromatic rings. The third-order valence-electron chi connectivity index (χ3n) is 4.99. The summed E-state index contributed by atoms with van der Waals surface area (Å²) in [5.41, 5.74) is 1.42. The smallest absolute Gasteiger partial charge is 0.0475 e. The van der Waals surface area contributed by atoms with Crippen LogP contribution in [0.25, 0.3) is 0 Å². The van der Waals surface area contributed by atoms with Crippen molar-refractivity contribution in [3.8, 4) is 0 Å². The van der Waals surface area contributed by atoms with Gasteiger partial charge >= 0.3 is 0 Å². The average Bonchev–Trinajstić information content (AvgIpc) is 2.54. The summed E-state index contributed by atoms with van der Waals surface area (Å²) in [6, 6.07) is 12.8. The highest BCUT2D eigenvalue weighted by Crippen LogP contribution is 2.30. The molecule has 21 heavy (non-hydrogen) atoms. The zero-order chi connectivity index (χ0) is 15.1. The highest BCUT2D eigenvalue weighted by Gasteiger charge is 2.32. The Balaban J connectivity index is 2.19. The summed E-state index contributed by atoms with van der Waals surface area (Å²) >= 11 is 0. The maximum Gasteiger partial charge on any atom is 0.0475 e. The Morgan fingerprint density at radius 1 is 1.19 bits per heavy atom. The molecule has 0 aromatic heterocycles. The summed E-state index contributed by atoms with van der Waals surface area (Å²) in [4.78, 5) is 2.81. The molecular weight excluding hydrogens is 256 g/mol. The molecule has 0 radical (unpaired) electrons. The van der Waals surface area contributed by atoms with Crippen molar-refractivity contribution in [1.29, 1.82) is 0 Å². The van der Waals surface area contributed by atoms with E-state index in [-0.39, 0.29) is 0 Å². The minimum Gasteiger partial charge on any atom is -0.312 e. The summed E-state index contributed by atoms with van der Waals surface area (Å²) in [5.74, 6) is 0. The maximum absolute atomic E-state index is 3.59. The topological polar surface area (TPSA) is 15.3 Å². The molecular formula is C19H32N2. The van der Waals surface area contributed by atoms with Crippen molar-refractivity contribution in [3.63, 3.8) is 0 Å². The van der Waals surface area contributed by atoms with Crippen LogP contribution in [0.3, 0.4) is 0 Å². The molecule has 0 spiro atoms. The second-order valence-electron chi connectivity index (χ2n) is 6.33. The van der Waals surface area contributed by atoms with Crippen molar-refractivity contribution in [2.75, 3.05) is 13.6 Å².